The molecule has 31 heavy (non-hydrogen) atoms. The number of nitrogens with zero attached hydrogens (tertiary/aromatic N) is 1. The van der Waals surface area contributed by atoms with E-state index in [9.17, 15) is 4.79 Å². The molecule has 0 saturated heterocycles. The number of aromatic amines is 1. The zero-order valence-corrected chi connectivity index (χ0v) is 19.0. The Morgan fingerprint density at radius 3 is 2.03 bits per heavy atom. The van der Waals surface area contributed by atoms with Gasteiger partial charge in [0.15, 0.2) is 0 Å². The Labute approximate surface area is 184 Å². The van der Waals surface area contributed by atoms with Gasteiger partial charge < -0.3 is 9.88 Å². The number of benzene rings is 3. The van der Waals surface area contributed by atoms with Crippen molar-refractivity contribution in [2.45, 2.75) is 41.2 Å². The molecule has 4 aromatic rings. The summed E-state index contributed by atoms with van der Waals surface area (Å²) in [4.78, 5) is 19.3. The van der Waals surface area contributed by atoms with Gasteiger partial charge in [-0.25, -0.2) is 0 Å². The van der Waals surface area contributed by atoms with E-state index in [1.807, 2.05) is 37.8 Å². The maximum atomic E-state index is 13.7. The lowest BCUT2D eigenvalue weighted by molar-refractivity contribution is -0.125. The number of carbonyl (C=O) groups excluding carboxylic acids is 1. The van der Waals surface area contributed by atoms with Gasteiger partial charge in [0.25, 0.3) is 0 Å². The SMILES string of the molecule is Cc1ccc(CN(C(=O)C(C)(C)C)c2c(-c3ccc(C)cc3)[nH]c3ccccc23)cc1. The topological polar surface area (TPSA) is 36.1 Å². The minimum Gasteiger partial charge on any atom is -0.353 e. The molecule has 0 unspecified atom stereocenters. The number of rotatable bonds is 4. The van der Waals surface area contributed by atoms with Crippen LogP contribution in [0.2, 0.25) is 0 Å². The number of anilines is 1. The maximum Gasteiger partial charge on any atom is 0.232 e. The Morgan fingerprint density at radius 1 is 0.839 bits per heavy atom. The highest BCUT2D eigenvalue weighted by Crippen LogP contribution is 2.40. The second-order valence-corrected chi connectivity index (χ2v) is 9.39. The van der Waals surface area contributed by atoms with Gasteiger partial charge in [-0.15, -0.1) is 0 Å². The molecule has 0 spiro atoms. The van der Waals surface area contributed by atoms with Crippen LogP contribution < -0.4 is 4.90 Å². The number of aryl methyl sites for hydroxylation is 2. The van der Waals surface area contributed by atoms with Gasteiger partial charge >= 0.3 is 0 Å². The van der Waals surface area contributed by atoms with Gasteiger partial charge in [-0.3, -0.25) is 4.79 Å². The number of fused-ring (bicyclic) bond motifs is 1. The van der Waals surface area contributed by atoms with Crippen LogP contribution in [0.3, 0.4) is 0 Å². The van der Waals surface area contributed by atoms with Gasteiger partial charge in [0, 0.05) is 21.9 Å². The smallest absolute Gasteiger partial charge is 0.232 e. The van der Waals surface area contributed by atoms with E-state index >= 15 is 0 Å². The van der Waals surface area contributed by atoms with E-state index in [1.165, 1.54) is 11.1 Å². The van der Waals surface area contributed by atoms with Crippen LogP contribution in [0, 0.1) is 19.3 Å². The zero-order valence-electron chi connectivity index (χ0n) is 19.0. The average molecular weight is 411 g/mol. The molecular weight excluding hydrogens is 380 g/mol. The molecule has 4 rings (SSSR count). The van der Waals surface area contributed by atoms with Gasteiger partial charge in [0.2, 0.25) is 5.91 Å². The lowest BCUT2D eigenvalue weighted by atomic mass is 9.93. The summed E-state index contributed by atoms with van der Waals surface area (Å²) < 4.78 is 0. The number of para-hydroxylation sites is 1. The quantitative estimate of drug-likeness (QED) is 0.385. The Morgan fingerprint density at radius 2 is 1.42 bits per heavy atom. The largest absolute Gasteiger partial charge is 0.353 e. The highest BCUT2D eigenvalue weighted by atomic mass is 16.2. The van der Waals surface area contributed by atoms with Crippen molar-refractivity contribution in [3.8, 4) is 11.3 Å². The van der Waals surface area contributed by atoms with Crippen molar-refractivity contribution in [2.75, 3.05) is 4.90 Å². The molecule has 0 aliphatic carbocycles. The van der Waals surface area contributed by atoms with Gasteiger partial charge in [0.1, 0.15) is 0 Å². The van der Waals surface area contributed by atoms with E-state index < -0.39 is 5.41 Å². The maximum absolute atomic E-state index is 13.7. The number of nitrogens with one attached hydrogen (secondary N) is 1. The number of hydrogen-bond acceptors (Lipinski definition) is 1. The van der Waals surface area contributed by atoms with Crippen molar-refractivity contribution in [1.82, 2.24) is 4.98 Å². The number of H-pyrrole nitrogens is 1. The van der Waals surface area contributed by atoms with Crippen molar-refractivity contribution in [3.05, 3.63) is 89.5 Å². The molecule has 3 nitrogen and oxygen atoms in total. The van der Waals surface area contributed by atoms with E-state index in [2.05, 4.69) is 79.5 Å². The van der Waals surface area contributed by atoms with Crippen LogP contribution in [0.25, 0.3) is 22.2 Å². The molecule has 0 aliphatic heterocycles. The molecule has 0 radical (unpaired) electrons. The van der Waals surface area contributed by atoms with E-state index in [1.54, 1.807) is 0 Å². The van der Waals surface area contributed by atoms with E-state index in [0.717, 1.165) is 33.4 Å². The first-order valence-electron chi connectivity index (χ1n) is 10.8. The van der Waals surface area contributed by atoms with Crippen molar-refractivity contribution >= 4 is 22.5 Å². The van der Waals surface area contributed by atoms with Crippen LogP contribution in [0.1, 0.15) is 37.5 Å². The molecule has 0 fully saturated rings. The van der Waals surface area contributed by atoms with Gasteiger partial charge in [-0.1, -0.05) is 98.6 Å². The van der Waals surface area contributed by atoms with Crippen LogP contribution in [0.5, 0.6) is 0 Å². The van der Waals surface area contributed by atoms with E-state index in [-0.39, 0.29) is 5.91 Å². The predicted molar refractivity (Wildman–Crippen MR) is 130 cm³/mol. The summed E-state index contributed by atoms with van der Waals surface area (Å²) in [6.07, 6.45) is 0. The number of amides is 1. The Kier molecular flexibility index (Phi) is 5.45. The molecule has 1 aromatic heterocycles. The van der Waals surface area contributed by atoms with Gasteiger partial charge in [-0.05, 0) is 25.5 Å². The summed E-state index contributed by atoms with van der Waals surface area (Å²) >= 11 is 0. The number of carbonyl (C=O) groups is 1. The molecule has 0 bridgehead atoms. The monoisotopic (exact) mass is 410 g/mol. The van der Waals surface area contributed by atoms with Crippen LogP contribution in [0.4, 0.5) is 5.69 Å². The predicted octanol–water partition coefficient (Wildman–Crippen LogP) is 7.03. The second kappa shape index (κ2) is 8.07. The molecule has 0 saturated carbocycles. The number of hydrogen-bond donors (Lipinski definition) is 1. The third-order valence-electron chi connectivity index (χ3n) is 5.64. The molecule has 3 aromatic carbocycles. The molecule has 1 amide bonds. The summed E-state index contributed by atoms with van der Waals surface area (Å²) in [6, 6.07) is 25.1. The lowest BCUT2D eigenvalue weighted by Crippen LogP contribution is -2.39. The van der Waals surface area contributed by atoms with Crippen LogP contribution >= 0.6 is 0 Å². The summed E-state index contributed by atoms with van der Waals surface area (Å²) in [5.74, 6) is 0.103. The Hall–Kier alpha value is -3.33. The molecule has 1 N–H and O–H groups in total. The standard InChI is InChI=1S/C28H30N2O/c1-19-10-14-21(15-11-19)18-30(27(31)28(3,4)5)26-23-8-6-7-9-24(23)29-25(26)22-16-12-20(2)13-17-22/h6-17,29H,18H2,1-5H3. The first-order chi connectivity index (χ1) is 14.7. The van der Waals surface area contributed by atoms with E-state index in [0.29, 0.717) is 6.54 Å². The minimum absolute atomic E-state index is 0.103. The highest BCUT2D eigenvalue weighted by molar-refractivity contribution is 6.10. The molecular formula is C28H30N2O. The molecule has 3 heteroatoms. The summed E-state index contributed by atoms with van der Waals surface area (Å²) in [7, 11) is 0. The van der Waals surface area contributed by atoms with Crippen LogP contribution in [-0.4, -0.2) is 10.9 Å². The van der Waals surface area contributed by atoms with Crippen LogP contribution in [-0.2, 0) is 11.3 Å². The summed E-state index contributed by atoms with van der Waals surface area (Å²) in [6.45, 7) is 10.6. The molecule has 158 valence electrons. The fourth-order valence-electron chi connectivity index (χ4n) is 3.87. The van der Waals surface area contributed by atoms with E-state index in [4.69, 9.17) is 0 Å². The average Bonchev–Trinajstić information content (AvgIpc) is 3.12. The lowest BCUT2D eigenvalue weighted by Gasteiger charge is -2.30. The van der Waals surface area contributed by atoms with Crippen molar-refractivity contribution < 1.29 is 4.79 Å². The van der Waals surface area contributed by atoms with Crippen molar-refractivity contribution in [2.24, 2.45) is 5.41 Å². The highest BCUT2D eigenvalue weighted by Gasteiger charge is 2.32. The van der Waals surface area contributed by atoms with Crippen LogP contribution in [0.15, 0.2) is 72.8 Å². The molecule has 0 atom stereocenters. The normalized spacial score (nSPS) is 11.6. The number of aromatic nitrogens is 1. The first-order valence-corrected chi connectivity index (χ1v) is 10.8. The third kappa shape index (κ3) is 4.27. The first kappa shape index (κ1) is 20.9. The second-order valence-electron chi connectivity index (χ2n) is 9.39. The molecule has 1 heterocycles. The Bertz CT molecular complexity index is 1210. The summed E-state index contributed by atoms with van der Waals surface area (Å²) in [5, 5.41) is 1.06. The third-order valence-corrected chi connectivity index (χ3v) is 5.64. The van der Waals surface area contributed by atoms with Gasteiger partial charge in [0.05, 0.1) is 17.9 Å². The molecule has 0 aliphatic rings. The fourth-order valence-corrected chi connectivity index (χ4v) is 3.87. The van der Waals surface area contributed by atoms with Crippen molar-refractivity contribution in [1.29, 1.82) is 0 Å². The Balaban J connectivity index is 1.93. The fraction of sp³-hybridized carbons (Fsp3) is 0.250. The summed E-state index contributed by atoms with van der Waals surface area (Å²) in [5.41, 5.74) is 7.06. The van der Waals surface area contributed by atoms with Gasteiger partial charge in [-0.2, -0.15) is 0 Å². The van der Waals surface area contributed by atoms with Crippen molar-refractivity contribution in [3.63, 3.8) is 0 Å². The minimum atomic E-state index is -0.506. The zero-order chi connectivity index (χ0) is 22.2.